The topological polar surface area (TPSA) is 51.4 Å². The van der Waals surface area contributed by atoms with E-state index in [1.807, 2.05) is 30.3 Å². The molecule has 0 aliphatic carbocycles. The maximum Gasteiger partial charge on any atom is 0.213 e. The molecule has 2 N–H and O–H groups in total. The molecule has 1 aliphatic heterocycles. The number of ether oxygens (including phenoxy) is 1. The summed E-state index contributed by atoms with van der Waals surface area (Å²) in [6.07, 6.45) is 0. The van der Waals surface area contributed by atoms with Gasteiger partial charge in [0.15, 0.2) is 0 Å². The largest absolute Gasteiger partial charge is 0.481 e. The number of hydrogen-bond donors (Lipinski definition) is 1. The lowest BCUT2D eigenvalue weighted by atomic mass is 10.1. The minimum Gasteiger partial charge on any atom is -0.481 e. The highest BCUT2D eigenvalue weighted by molar-refractivity contribution is 5.52. The van der Waals surface area contributed by atoms with Gasteiger partial charge in [0.05, 0.1) is 12.8 Å². The highest BCUT2D eigenvalue weighted by Gasteiger charge is 2.20. The number of rotatable bonds is 3. The van der Waals surface area contributed by atoms with E-state index in [1.54, 1.807) is 7.11 Å². The number of aromatic nitrogens is 1. The molecule has 98 valence electrons. The van der Waals surface area contributed by atoms with Crippen molar-refractivity contribution in [2.45, 2.75) is 19.6 Å². The first-order valence-corrected chi connectivity index (χ1v) is 6.35. The lowest BCUT2D eigenvalue weighted by molar-refractivity contribution is 0.270. The van der Waals surface area contributed by atoms with Gasteiger partial charge in [-0.2, -0.15) is 0 Å². The molecule has 0 fully saturated rings. The molecule has 3 rings (SSSR count). The molecular weight excluding hydrogens is 238 g/mol. The number of nitrogens with two attached hydrogens (primary N) is 1. The molecule has 19 heavy (non-hydrogen) atoms. The van der Waals surface area contributed by atoms with Gasteiger partial charge in [-0.25, -0.2) is 4.98 Å². The van der Waals surface area contributed by atoms with Gasteiger partial charge in [0.1, 0.15) is 0 Å². The lowest BCUT2D eigenvalue weighted by Gasteiger charge is -2.14. The normalized spacial score (nSPS) is 14.4. The Morgan fingerprint density at radius 2 is 2.05 bits per heavy atom. The summed E-state index contributed by atoms with van der Waals surface area (Å²) in [6.45, 7) is 2.63. The van der Waals surface area contributed by atoms with Crippen LogP contribution in [0.25, 0.3) is 0 Å². The van der Waals surface area contributed by atoms with E-state index in [0.717, 1.165) is 31.0 Å². The summed E-state index contributed by atoms with van der Waals surface area (Å²) >= 11 is 0. The molecule has 0 saturated carbocycles. The summed E-state index contributed by atoms with van der Waals surface area (Å²) in [4.78, 5) is 6.78. The fourth-order valence-electron chi connectivity index (χ4n) is 2.52. The molecule has 1 aliphatic rings. The molecule has 4 heteroatoms. The summed E-state index contributed by atoms with van der Waals surface area (Å²) in [5.41, 5.74) is 10.5. The summed E-state index contributed by atoms with van der Waals surface area (Å²) in [7, 11) is 1.64. The third kappa shape index (κ3) is 2.39. The molecule has 2 aromatic rings. The summed E-state index contributed by atoms with van der Waals surface area (Å²) < 4.78 is 5.15. The van der Waals surface area contributed by atoms with Gasteiger partial charge in [-0.05, 0) is 23.3 Å². The number of hydrogen-bond acceptors (Lipinski definition) is 4. The van der Waals surface area contributed by atoms with Crippen molar-refractivity contribution >= 4 is 5.69 Å². The Hall–Kier alpha value is -2.07. The zero-order chi connectivity index (χ0) is 13.2. The van der Waals surface area contributed by atoms with E-state index >= 15 is 0 Å². The number of nitrogens with zero attached hydrogens (tertiary/aromatic N) is 2. The van der Waals surface area contributed by atoms with Crippen molar-refractivity contribution in [2.75, 3.05) is 12.8 Å². The van der Waals surface area contributed by atoms with E-state index in [1.165, 1.54) is 11.1 Å². The Kier molecular flexibility index (Phi) is 3.09. The van der Waals surface area contributed by atoms with Crippen LogP contribution in [0.3, 0.4) is 0 Å². The van der Waals surface area contributed by atoms with Crippen LogP contribution in [0.15, 0.2) is 36.4 Å². The van der Waals surface area contributed by atoms with Gasteiger partial charge in [0.2, 0.25) is 5.88 Å². The van der Waals surface area contributed by atoms with E-state index in [4.69, 9.17) is 10.5 Å². The van der Waals surface area contributed by atoms with Gasteiger partial charge in [-0.3, -0.25) is 4.90 Å². The van der Waals surface area contributed by atoms with E-state index < -0.39 is 0 Å². The second kappa shape index (κ2) is 4.90. The highest BCUT2D eigenvalue weighted by Crippen LogP contribution is 2.28. The summed E-state index contributed by atoms with van der Waals surface area (Å²) in [6, 6.07) is 12.0. The third-order valence-electron chi connectivity index (χ3n) is 3.46. The SMILES string of the molecule is COc1cccc(CN2Cc3cccc(N)c3C2)n1. The third-order valence-corrected chi connectivity index (χ3v) is 3.46. The van der Waals surface area contributed by atoms with E-state index in [9.17, 15) is 0 Å². The second-order valence-corrected chi connectivity index (χ2v) is 4.80. The summed E-state index contributed by atoms with van der Waals surface area (Å²) in [5, 5.41) is 0. The lowest BCUT2D eigenvalue weighted by Crippen LogP contribution is -2.16. The van der Waals surface area contributed by atoms with Gasteiger partial charge in [-0.15, -0.1) is 0 Å². The number of methoxy groups -OCH3 is 1. The fourth-order valence-corrected chi connectivity index (χ4v) is 2.52. The van der Waals surface area contributed by atoms with Crippen molar-refractivity contribution in [2.24, 2.45) is 0 Å². The van der Waals surface area contributed by atoms with E-state index in [0.29, 0.717) is 5.88 Å². The van der Waals surface area contributed by atoms with Crippen LogP contribution in [0.5, 0.6) is 5.88 Å². The molecule has 4 nitrogen and oxygen atoms in total. The van der Waals surface area contributed by atoms with Crippen molar-refractivity contribution in [1.82, 2.24) is 9.88 Å². The minimum absolute atomic E-state index is 0.661. The second-order valence-electron chi connectivity index (χ2n) is 4.80. The molecule has 0 radical (unpaired) electrons. The molecule has 0 atom stereocenters. The molecule has 0 bridgehead atoms. The molecule has 0 unspecified atom stereocenters. The Morgan fingerprint density at radius 3 is 2.84 bits per heavy atom. The quantitative estimate of drug-likeness (QED) is 0.854. The first kappa shape index (κ1) is 12.0. The van der Waals surface area contributed by atoms with Gasteiger partial charge >= 0.3 is 0 Å². The Balaban J connectivity index is 1.75. The van der Waals surface area contributed by atoms with Crippen LogP contribution in [-0.2, 0) is 19.6 Å². The van der Waals surface area contributed by atoms with Crippen molar-refractivity contribution in [3.05, 3.63) is 53.2 Å². The Morgan fingerprint density at radius 1 is 1.21 bits per heavy atom. The van der Waals surface area contributed by atoms with Gasteiger partial charge in [0, 0.05) is 31.4 Å². The monoisotopic (exact) mass is 255 g/mol. The number of benzene rings is 1. The molecule has 1 aromatic heterocycles. The van der Waals surface area contributed by atoms with E-state index in [2.05, 4.69) is 16.0 Å². The van der Waals surface area contributed by atoms with Crippen LogP contribution in [0.4, 0.5) is 5.69 Å². The van der Waals surface area contributed by atoms with Crippen molar-refractivity contribution < 1.29 is 4.74 Å². The molecule has 0 saturated heterocycles. The maximum atomic E-state index is 6.01. The van der Waals surface area contributed by atoms with E-state index in [-0.39, 0.29) is 0 Å². The van der Waals surface area contributed by atoms with Gasteiger partial charge in [0.25, 0.3) is 0 Å². The van der Waals surface area contributed by atoms with Crippen LogP contribution in [-0.4, -0.2) is 17.0 Å². The molecule has 0 spiro atoms. The van der Waals surface area contributed by atoms with Gasteiger partial charge in [-0.1, -0.05) is 18.2 Å². The number of nitrogen functional groups attached to an aromatic ring is 1. The first-order valence-electron chi connectivity index (χ1n) is 6.35. The summed E-state index contributed by atoms with van der Waals surface area (Å²) in [5.74, 6) is 0.661. The molecule has 1 aromatic carbocycles. The van der Waals surface area contributed by atoms with Crippen molar-refractivity contribution in [1.29, 1.82) is 0 Å². The average molecular weight is 255 g/mol. The fraction of sp³-hybridized carbons (Fsp3) is 0.267. The minimum atomic E-state index is 0.661. The number of fused-ring (bicyclic) bond motifs is 1. The molecule has 2 heterocycles. The predicted molar refractivity (Wildman–Crippen MR) is 74.6 cm³/mol. The first-order chi connectivity index (χ1) is 9.26. The van der Waals surface area contributed by atoms with Crippen LogP contribution in [0.1, 0.15) is 16.8 Å². The number of anilines is 1. The predicted octanol–water partition coefficient (Wildman–Crippen LogP) is 2.19. The smallest absolute Gasteiger partial charge is 0.213 e. The van der Waals surface area contributed by atoms with Crippen molar-refractivity contribution in [3.63, 3.8) is 0 Å². The maximum absolute atomic E-state index is 6.01. The van der Waals surface area contributed by atoms with Crippen LogP contribution < -0.4 is 10.5 Å². The average Bonchev–Trinajstić information content (AvgIpc) is 2.83. The highest BCUT2D eigenvalue weighted by atomic mass is 16.5. The molecule has 0 amide bonds. The van der Waals surface area contributed by atoms with Gasteiger partial charge < -0.3 is 10.5 Å². The molecular formula is C15H17N3O. The Labute approximate surface area is 112 Å². The van der Waals surface area contributed by atoms with Crippen LogP contribution >= 0.6 is 0 Å². The standard InChI is InChI=1S/C15H17N3O/c1-19-15-7-3-5-12(17-15)9-18-8-11-4-2-6-14(16)13(11)10-18/h2-7H,8-10,16H2,1H3. The van der Waals surface area contributed by atoms with Crippen LogP contribution in [0.2, 0.25) is 0 Å². The van der Waals surface area contributed by atoms with Crippen molar-refractivity contribution in [3.8, 4) is 5.88 Å². The zero-order valence-electron chi connectivity index (χ0n) is 11.0. The van der Waals surface area contributed by atoms with Crippen LogP contribution in [0, 0.1) is 0 Å². The number of pyridine rings is 1. The zero-order valence-corrected chi connectivity index (χ0v) is 11.0. The Bertz CT molecular complexity index is 598.